The lowest BCUT2D eigenvalue weighted by Crippen LogP contribution is -2.58. The summed E-state index contributed by atoms with van der Waals surface area (Å²) in [5.41, 5.74) is 2.72. The second kappa shape index (κ2) is 10.7. The van der Waals surface area contributed by atoms with Crippen LogP contribution in [0.4, 0.5) is 0 Å². The van der Waals surface area contributed by atoms with Gasteiger partial charge in [0.2, 0.25) is 0 Å². The van der Waals surface area contributed by atoms with Gasteiger partial charge in [-0.05, 0) is 171 Å². The summed E-state index contributed by atoms with van der Waals surface area (Å²) in [6.07, 6.45) is 18.0. The Labute approximate surface area is 275 Å². The molecule has 3 aromatic carbocycles. The van der Waals surface area contributed by atoms with Crippen molar-refractivity contribution in [2.24, 2.45) is 35.5 Å². The van der Waals surface area contributed by atoms with Crippen molar-refractivity contribution in [3.8, 4) is 0 Å². The maximum atomic E-state index is 14.1. The molecule has 2 atom stereocenters. The van der Waals surface area contributed by atoms with Gasteiger partial charge in [0, 0.05) is 0 Å². The summed E-state index contributed by atoms with van der Waals surface area (Å²) in [4.78, 5) is 0. The fourth-order valence-corrected chi connectivity index (χ4v) is 18.9. The predicted molar refractivity (Wildman–Crippen MR) is 192 cm³/mol. The molecule has 1 N–H and O–H groups in total. The Morgan fingerprint density at radius 2 is 1.09 bits per heavy atom. The van der Waals surface area contributed by atoms with Crippen molar-refractivity contribution >= 4 is 35.0 Å². The maximum absolute atomic E-state index is 14.1. The van der Waals surface area contributed by atoms with Crippen LogP contribution in [-0.4, -0.2) is 19.3 Å². The average Bonchev–Trinajstić information content (AvgIpc) is 2.98. The van der Waals surface area contributed by atoms with Gasteiger partial charge in [0.15, 0.2) is 0 Å². The van der Waals surface area contributed by atoms with Crippen LogP contribution in [0.1, 0.15) is 115 Å². The molecular weight excluding hydrogens is 585 g/mol. The highest BCUT2D eigenvalue weighted by atomic mass is 32.2. The molecule has 8 bridgehead atoms. The van der Waals surface area contributed by atoms with E-state index in [4.69, 9.17) is 0 Å². The van der Waals surface area contributed by atoms with Gasteiger partial charge in [-0.3, -0.25) is 0 Å². The second-order valence-electron chi connectivity index (χ2n) is 17.7. The third kappa shape index (κ3) is 4.95. The highest BCUT2D eigenvalue weighted by Gasteiger charge is 2.63. The molecule has 1 unspecified atom stereocenters. The fourth-order valence-electron chi connectivity index (χ4n) is 12.7. The zero-order chi connectivity index (χ0) is 30.6. The molecule has 8 aliphatic carbocycles. The minimum absolute atomic E-state index is 0.0971. The molecule has 0 heterocycles. The van der Waals surface area contributed by atoms with E-state index in [2.05, 4.69) is 92.2 Å². The van der Waals surface area contributed by atoms with E-state index in [0.717, 1.165) is 35.5 Å². The van der Waals surface area contributed by atoms with Crippen LogP contribution in [-0.2, 0) is 11.0 Å². The molecule has 0 aromatic heterocycles. The van der Waals surface area contributed by atoms with Gasteiger partial charge in [-0.15, -0.1) is 0 Å². The molecule has 238 valence electrons. The van der Waals surface area contributed by atoms with Crippen LogP contribution in [0.3, 0.4) is 0 Å². The van der Waals surface area contributed by atoms with Gasteiger partial charge in [-0.25, -0.2) is 8.93 Å². The third-order valence-electron chi connectivity index (χ3n) is 13.4. The fraction of sp³-hybridized carbons (Fsp3) is 0.610. The number of nitrogens with one attached hydrogen (secondary N) is 1. The first-order chi connectivity index (χ1) is 21.7. The zero-order valence-electron chi connectivity index (χ0n) is 27.6. The molecular formula is C41H52NOPS. The van der Waals surface area contributed by atoms with E-state index >= 15 is 0 Å². The van der Waals surface area contributed by atoms with E-state index < -0.39 is 11.0 Å². The summed E-state index contributed by atoms with van der Waals surface area (Å²) in [5.74, 6) is 5.77. The molecule has 4 heteroatoms. The largest absolute Gasteiger partial charge is 0.242 e. The number of hydrogen-bond acceptors (Lipinski definition) is 1. The van der Waals surface area contributed by atoms with Crippen molar-refractivity contribution in [2.45, 2.75) is 119 Å². The summed E-state index contributed by atoms with van der Waals surface area (Å²) in [7, 11) is -1.58. The normalized spacial score (nSPS) is 38.5. The summed E-state index contributed by atoms with van der Waals surface area (Å²) in [6, 6.07) is 25.2. The number of hydrogen-bond donors (Lipinski definition) is 1. The SMILES string of the molecule is CC(C)(C)[S@@](=O)NC(c1ccccc1P(C12CC3CC(CC(C3)C1)C2)C12CC3CC(CC(C3)C1)C2)c1cccc2ccccc12. The quantitative estimate of drug-likeness (QED) is 0.257. The zero-order valence-corrected chi connectivity index (χ0v) is 29.4. The van der Waals surface area contributed by atoms with Crippen molar-refractivity contribution < 1.29 is 4.21 Å². The van der Waals surface area contributed by atoms with Crippen LogP contribution in [0.5, 0.6) is 0 Å². The molecule has 45 heavy (non-hydrogen) atoms. The Morgan fingerprint density at radius 3 is 1.62 bits per heavy atom. The molecule has 8 saturated carbocycles. The van der Waals surface area contributed by atoms with Gasteiger partial charge in [0.1, 0.15) is 0 Å². The van der Waals surface area contributed by atoms with E-state index in [1.165, 1.54) is 98.9 Å². The van der Waals surface area contributed by atoms with E-state index in [1.54, 1.807) is 5.30 Å². The Kier molecular flexibility index (Phi) is 7.06. The molecule has 8 fully saturated rings. The summed E-state index contributed by atoms with van der Waals surface area (Å²) >= 11 is 0. The topological polar surface area (TPSA) is 29.1 Å². The van der Waals surface area contributed by atoms with E-state index in [-0.39, 0.29) is 18.7 Å². The van der Waals surface area contributed by atoms with Crippen LogP contribution in [0.2, 0.25) is 0 Å². The molecule has 0 radical (unpaired) electrons. The van der Waals surface area contributed by atoms with Crippen LogP contribution >= 0.6 is 7.92 Å². The molecule has 2 nitrogen and oxygen atoms in total. The molecule has 0 amide bonds. The lowest BCUT2D eigenvalue weighted by atomic mass is 9.55. The van der Waals surface area contributed by atoms with Crippen molar-refractivity contribution in [1.29, 1.82) is 0 Å². The predicted octanol–water partition coefficient (Wildman–Crippen LogP) is 10.0. The van der Waals surface area contributed by atoms with Gasteiger partial charge in [0.05, 0.1) is 21.8 Å². The van der Waals surface area contributed by atoms with Crippen molar-refractivity contribution in [1.82, 2.24) is 4.72 Å². The van der Waals surface area contributed by atoms with Crippen molar-refractivity contribution in [2.75, 3.05) is 0 Å². The van der Waals surface area contributed by atoms with Gasteiger partial charge >= 0.3 is 0 Å². The van der Waals surface area contributed by atoms with Crippen molar-refractivity contribution in [3.63, 3.8) is 0 Å². The van der Waals surface area contributed by atoms with Gasteiger partial charge < -0.3 is 0 Å². The van der Waals surface area contributed by atoms with Crippen LogP contribution < -0.4 is 10.0 Å². The maximum Gasteiger partial charge on any atom is 0.0979 e. The molecule has 3 aromatic rings. The Morgan fingerprint density at radius 1 is 0.644 bits per heavy atom. The Hall–Kier alpha value is -1.54. The van der Waals surface area contributed by atoms with Gasteiger partial charge in [-0.2, -0.15) is 0 Å². The Balaban J connectivity index is 1.25. The van der Waals surface area contributed by atoms with Gasteiger partial charge in [-0.1, -0.05) is 74.7 Å². The smallest absolute Gasteiger partial charge is 0.0979 e. The monoisotopic (exact) mass is 637 g/mol. The average molecular weight is 638 g/mol. The van der Waals surface area contributed by atoms with E-state index in [1.807, 2.05) is 0 Å². The summed E-state index contributed by atoms with van der Waals surface area (Å²) < 4.78 is 17.5. The number of benzene rings is 3. The van der Waals surface area contributed by atoms with E-state index in [9.17, 15) is 4.21 Å². The standard InChI is InChI=1S/C41H52NOPS/c1-39(2,3)45(43)42-38(35-13-8-10-33-9-4-5-11-34(33)35)36-12-6-7-14-37(36)44(40-21-27-15-28(22-40)17-29(16-27)23-40)41-24-30-18-31(25-41)20-32(19-30)26-41/h4-14,27-32,38,42H,15-26H2,1-3H3/t27?,28?,29?,30?,31?,32?,38?,40?,41?,44?,45-/m1/s1. The highest BCUT2D eigenvalue weighted by molar-refractivity contribution is 7.84. The summed E-state index contributed by atoms with van der Waals surface area (Å²) in [5, 5.41) is 5.24. The molecule has 11 rings (SSSR count). The van der Waals surface area contributed by atoms with Crippen LogP contribution in [0.15, 0.2) is 66.7 Å². The van der Waals surface area contributed by atoms with E-state index in [0.29, 0.717) is 10.3 Å². The lowest BCUT2D eigenvalue weighted by Gasteiger charge is -2.67. The minimum atomic E-state index is -1.20. The number of rotatable bonds is 7. The Bertz CT molecular complexity index is 1520. The van der Waals surface area contributed by atoms with Crippen molar-refractivity contribution in [3.05, 3.63) is 77.9 Å². The van der Waals surface area contributed by atoms with Gasteiger partial charge in [0.25, 0.3) is 0 Å². The molecule has 0 aliphatic heterocycles. The first kappa shape index (κ1) is 29.6. The third-order valence-corrected chi connectivity index (χ3v) is 18.8. The number of fused-ring (bicyclic) bond motifs is 1. The second-order valence-corrected chi connectivity index (χ2v) is 22.7. The molecule has 0 saturated heterocycles. The first-order valence-corrected chi connectivity index (χ1v) is 20.7. The minimum Gasteiger partial charge on any atom is -0.242 e. The summed E-state index contributed by atoms with van der Waals surface area (Å²) in [6.45, 7) is 6.33. The lowest BCUT2D eigenvalue weighted by molar-refractivity contribution is 0.0195. The van der Waals surface area contributed by atoms with Crippen LogP contribution in [0, 0.1) is 35.5 Å². The molecule has 0 spiro atoms. The highest BCUT2D eigenvalue weighted by Crippen LogP contribution is 2.78. The van der Waals surface area contributed by atoms with Crippen LogP contribution in [0.25, 0.3) is 10.8 Å². The molecule has 8 aliphatic rings. The first-order valence-electron chi connectivity index (χ1n) is 18.2.